The topological polar surface area (TPSA) is 178 Å². The van der Waals surface area contributed by atoms with Crippen molar-refractivity contribution in [3.8, 4) is 0 Å². The van der Waals surface area contributed by atoms with Gasteiger partial charge in [-0.2, -0.15) is 0 Å². The van der Waals surface area contributed by atoms with Gasteiger partial charge in [-0.05, 0) is 0 Å². The number of rotatable bonds is 4. The predicted molar refractivity (Wildman–Crippen MR) is 78.0 cm³/mol. The molecule has 11 nitrogen and oxygen atoms in total. The molecule has 3 heterocycles. The van der Waals surface area contributed by atoms with Crippen molar-refractivity contribution >= 4 is 0 Å². The zero-order valence-corrected chi connectivity index (χ0v) is 13.1. The van der Waals surface area contributed by atoms with Gasteiger partial charge in [-0.25, -0.2) is 4.98 Å². The van der Waals surface area contributed by atoms with Crippen LogP contribution in [0, 0.1) is 0 Å². The van der Waals surface area contributed by atoms with Gasteiger partial charge in [-0.3, -0.25) is 0 Å². The summed E-state index contributed by atoms with van der Waals surface area (Å²) in [5.74, 6) is 0.153. The number of imidazole rings is 1. The third kappa shape index (κ3) is 3.07. The lowest BCUT2D eigenvalue weighted by Crippen LogP contribution is -2.61. The first kappa shape index (κ1) is 18.6. The van der Waals surface area contributed by atoms with Crippen molar-refractivity contribution in [1.82, 2.24) is 9.55 Å². The molecule has 2 aliphatic rings. The summed E-state index contributed by atoms with van der Waals surface area (Å²) in [6, 6.07) is -0.830. The number of fused-ring (bicyclic) bond motifs is 1. The molecule has 0 saturated carbocycles. The van der Waals surface area contributed by atoms with E-state index < -0.39 is 68.3 Å². The standard InChI is InChI=1S/C14H22N2O9/c17-3-5-12(9(21)10(22)13-15-1-2-16(5)13)25-14-11(23)8(20)7(19)6(4-18)24-14/h1-2,5-12,14,17-23H,3-4H2/t5-,6-,7-,8+,9+,10+,11-,12+,14-/m0/s1. The highest BCUT2D eigenvalue weighted by atomic mass is 16.7. The van der Waals surface area contributed by atoms with Crippen LogP contribution in [-0.4, -0.2) is 101 Å². The maximum atomic E-state index is 10.3. The fraction of sp³-hybridized carbons (Fsp3) is 0.786. The van der Waals surface area contributed by atoms with E-state index in [0.29, 0.717) is 0 Å². The number of nitrogens with zero attached hydrogens (tertiary/aromatic N) is 2. The summed E-state index contributed by atoms with van der Waals surface area (Å²) in [5, 5.41) is 69.0. The molecule has 0 amide bonds. The molecule has 142 valence electrons. The van der Waals surface area contributed by atoms with E-state index in [9.17, 15) is 35.7 Å². The van der Waals surface area contributed by atoms with Crippen LogP contribution in [0.1, 0.15) is 18.0 Å². The van der Waals surface area contributed by atoms with Crippen LogP contribution in [0.2, 0.25) is 0 Å². The van der Waals surface area contributed by atoms with Crippen LogP contribution >= 0.6 is 0 Å². The summed E-state index contributed by atoms with van der Waals surface area (Å²) < 4.78 is 12.2. The van der Waals surface area contributed by atoms with E-state index in [1.54, 1.807) is 0 Å². The zero-order valence-electron chi connectivity index (χ0n) is 13.1. The minimum Gasteiger partial charge on any atom is -0.394 e. The molecule has 0 unspecified atom stereocenters. The summed E-state index contributed by atoms with van der Waals surface area (Å²) in [5.41, 5.74) is 0. The Morgan fingerprint density at radius 1 is 1.00 bits per heavy atom. The van der Waals surface area contributed by atoms with Crippen LogP contribution < -0.4 is 0 Å². The number of hydrogen-bond acceptors (Lipinski definition) is 10. The van der Waals surface area contributed by atoms with E-state index in [0.717, 1.165) is 0 Å². The minimum atomic E-state index is -1.66. The van der Waals surface area contributed by atoms with Gasteiger partial charge in [0.15, 0.2) is 6.29 Å². The zero-order chi connectivity index (χ0) is 18.3. The van der Waals surface area contributed by atoms with Gasteiger partial charge in [0.25, 0.3) is 0 Å². The Bertz CT molecular complexity index is 582. The molecule has 3 rings (SSSR count). The third-order valence-corrected chi connectivity index (χ3v) is 4.69. The van der Waals surface area contributed by atoms with E-state index in [-0.39, 0.29) is 5.82 Å². The Balaban J connectivity index is 1.83. The van der Waals surface area contributed by atoms with Crippen molar-refractivity contribution in [3.05, 3.63) is 18.2 Å². The third-order valence-electron chi connectivity index (χ3n) is 4.69. The van der Waals surface area contributed by atoms with Crippen LogP contribution in [0.25, 0.3) is 0 Å². The Hall–Kier alpha value is -1.15. The van der Waals surface area contributed by atoms with Gasteiger partial charge in [0.1, 0.15) is 48.6 Å². The molecule has 9 atom stereocenters. The largest absolute Gasteiger partial charge is 0.394 e. The molecule has 0 aromatic carbocycles. The lowest BCUT2D eigenvalue weighted by Gasteiger charge is -2.44. The van der Waals surface area contributed by atoms with Crippen molar-refractivity contribution in [2.24, 2.45) is 0 Å². The summed E-state index contributed by atoms with van der Waals surface area (Å²) in [6.45, 7) is -1.09. The second kappa shape index (κ2) is 7.23. The molecule has 0 aliphatic carbocycles. The SMILES string of the molecule is OC[C@@H]1O[C@@H](O[C@H]2[C@H](O)[C@@H](O)c3nccn3[C@H]2CO)[C@@H](O)[C@H](O)[C@H]1O. The molecule has 1 saturated heterocycles. The van der Waals surface area contributed by atoms with Gasteiger partial charge in [-0.15, -0.1) is 0 Å². The molecular formula is C14H22N2O9. The Morgan fingerprint density at radius 2 is 1.72 bits per heavy atom. The van der Waals surface area contributed by atoms with E-state index in [2.05, 4.69) is 4.98 Å². The first-order valence-corrected chi connectivity index (χ1v) is 7.86. The predicted octanol–water partition coefficient (Wildman–Crippen LogP) is -3.99. The second-order valence-corrected chi connectivity index (χ2v) is 6.18. The summed E-state index contributed by atoms with van der Waals surface area (Å²) in [7, 11) is 0. The van der Waals surface area contributed by atoms with E-state index >= 15 is 0 Å². The average molecular weight is 362 g/mol. The van der Waals surface area contributed by atoms with Crippen molar-refractivity contribution < 1.29 is 45.2 Å². The highest BCUT2D eigenvalue weighted by Crippen LogP contribution is 2.35. The van der Waals surface area contributed by atoms with Gasteiger partial charge >= 0.3 is 0 Å². The summed E-state index contributed by atoms with van der Waals surface area (Å²) >= 11 is 0. The average Bonchev–Trinajstić information content (AvgIpc) is 3.09. The Morgan fingerprint density at radius 3 is 2.36 bits per heavy atom. The van der Waals surface area contributed by atoms with Crippen molar-refractivity contribution in [1.29, 1.82) is 0 Å². The maximum absolute atomic E-state index is 10.3. The number of aromatic nitrogens is 2. The fourth-order valence-corrected chi connectivity index (χ4v) is 3.25. The number of ether oxygens (including phenoxy) is 2. The molecule has 0 spiro atoms. The van der Waals surface area contributed by atoms with Crippen LogP contribution in [0.15, 0.2) is 12.4 Å². The molecule has 7 N–H and O–H groups in total. The van der Waals surface area contributed by atoms with Crippen molar-refractivity contribution in [3.63, 3.8) is 0 Å². The van der Waals surface area contributed by atoms with E-state index in [1.807, 2.05) is 0 Å². The van der Waals surface area contributed by atoms with Gasteiger partial charge in [0.05, 0.1) is 19.3 Å². The molecule has 25 heavy (non-hydrogen) atoms. The summed E-state index contributed by atoms with van der Waals surface area (Å²) in [4.78, 5) is 3.93. The molecule has 1 aromatic heterocycles. The fourth-order valence-electron chi connectivity index (χ4n) is 3.25. The highest BCUT2D eigenvalue weighted by Gasteiger charge is 2.49. The van der Waals surface area contributed by atoms with Gasteiger partial charge in [0, 0.05) is 12.4 Å². The number of aliphatic hydroxyl groups is 7. The Kier molecular flexibility index (Phi) is 5.39. The molecular weight excluding hydrogens is 340 g/mol. The first-order valence-electron chi connectivity index (χ1n) is 7.86. The minimum absolute atomic E-state index is 0.153. The van der Waals surface area contributed by atoms with Crippen LogP contribution in [0.4, 0.5) is 0 Å². The lowest BCUT2D eigenvalue weighted by atomic mass is 9.95. The first-order chi connectivity index (χ1) is 11.9. The smallest absolute Gasteiger partial charge is 0.187 e. The van der Waals surface area contributed by atoms with Gasteiger partial charge in [0.2, 0.25) is 0 Å². The molecule has 2 aliphatic heterocycles. The van der Waals surface area contributed by atoms with Crippen LogP contribution in [-0.2, 0) is 9.47 Å². The lowest BCUT2D eigenvalue weighted by molar-refractivity contribution is -0.325. The molecule has 0 radical (unpaired) electrons. The second-order valence-electron chi connectivity index (χ2n) is 6.18. The molecule has 1 aromatic rings. The highest BCUT2D eigenvalue weighted by molar-refractivity contribution is 5.09. The molecule has 11 heteroatoms. The maximum Gasteiger partial charge on any atom is 0.187 e. The summed E-state index contributed by atoms with van der Waals surface area (Å²) in [6.07, 6.45) is -8.72. The quantitative estimate of drug-likeness (QED) is 0.279. The van der Waals surface area contributed by atoms with Gasteiger partial charge < -0.3 is 49.8 Å². The molecule has 1 fully saturated rings. The van der Waals surface area contributed by atoms with E-state index in [1.165, 1.54) is 17.0 Å². The number of hydrogen-bond donors (Lipinski definition) is 7. The van der Waals surface area contributed by atoms with Crippen molar-refractivity contribution in [2.75, 3.05) is 13.2 Å². The Labute approximate surface area is 142 Å². The van der Waals surface area contributed by atoms with E-state index in [4.69, 9.17) is 9.47 Å². The van der Waals surface area contributed by atoms with Crippen LogP contribution in [0.3, 0.4) is 0 Å². The molecule has 0 bridgehead atoms. The van der Waals surface area contributed by atoms with Crippen molar-refractivity contribution in [2.45, 2.75) is 55.1 Å². The number of aliphatic hydroxyl groups excluding tert-OH is 7. The normalized spacial score (nSPS) is 44.5. The van der Waals surface area contributed by atoms with Crippen LogP contribution in [0.5, 0.6) is 0 Å². The monoisotopic (exact) mass is 362 g/mol. The van der Waals surface area contributed by atoms with Gasteiger partial charge in [-0.1, -0.05) is 0 Å².